The van der Waals surface area contributed by atoms with Crippen LogP contribution in [0.1, 0.15) is 70.0 Å². The quantitative estimate of drug-likeness (QED) is 0.260. The van der Waals surface area contributed by atoms with Gasteiger partial charge in [-0.3, -0.25) is 29.5 Å². The van der Waals surface area contributed by atoms with E-state index in [0.717, 1.165) is 59.1 Å². The third kappa shape index (κ3) is 7.12. The number of amides is 2. The van der Waals surface area contributed by atoms with Crippen molar-refractivity contribution in [3.8, 4) is 0 Å². The maximum absolute atomic E-state index is 12.6. The molecule has 0 bridgehead atoms. The Labute approximate surface area is 249 Å². The summed E-state index contributed by atoms with van der Waals surface area (Å²) in [4.78, 5) is 42.0. The molecule has 0 aromatic carbocycles. The van der Waals surface area contributed by atoms with Gasteiger partial charge < -0.3 is 10.6 Å². The van der Waals surface area contributed by atoms with Gasteiger partial charge in [-0.05, 0) is 49.1 Å². The van der Waals surface area contributed by atoms with Crippen molar-refractivity contribution in [2.45, 2.75) is 50.4 Å². The second kappa shape index (κ2) is 12.7. The predicted octanol–water partition coefficient (Wildman–Crippen LogP) is 3.83. The standard InChI is InChI=1S/C28H28N10O2S2/c1-29-14-16-5-7-30-20(9-16)12-23(39)33-27-37-35-25(41-27)18-3-2-4-19(10-18)26-36-38-28(42-26)34-24(40)13-21-11-17(6-8-31-21)22-15-32-22/h5-9,11,14,18-19H,2-4,10,12-13,15H2,1H3,(H,33,37,39)(H,34,38,40). The van der Waals surface area contributed by atoms with Crippen molar-refractivity contribution in [1.82, 2.24) is 30.4 Å². The summed E-state index contributed by atoms with van der Waals surface area (Å²) in [6.45, 7) is 0.755. The Hall–Kier alpha value is -4.30. The average Bonchev–Trinajstić information content (AvgIpc) is 3.57. The first-order valence-corrected chi connectivity index (χ1v) is 15.3. The zero-order valence-corrected chi connectivity index (χ0v) is 24.5. The van der Waals surface area contributed by atoms with Gasteiger partial charge in [0.25, 0.3) is 0 Å². The van der Waals surface area contributed by atoms with Crippen molar-refractivity contribution in [3.05, 3.63) is 69.2 Å². The van der Waals surface area contributed by atoms with Crippen LogP contribution >= 0.6 is 22.7 Å². The number of aliphatic imine (C=N–C) groups is 2. The first-order chi connectivity index (χ1) is 20.5. The highest BCUT2D eigenvalue weighted by Gasteiger charge is 2.29. The first-order valence-electron chi connectivity index (χ1n) is 13.6. The van der Waals surface area contributed by atoms with E-state index >= 15 is 0 Å². The maximum atomic E-state index is 12.6. The number of carbonyl (C=O) groups excluding carboxylic acids is 2. The topological polar surface area (TPSA) is 160 Å². The molecular weight excluding hydrogens is 573 g/mol. The van der Waals surface area contributed by atoms with Gasteiger partial charge >= 0.3 is 0 Å². The molecule has 2 aliphatic rings. The smallest absolute Gasteiger partial charge is 0.232 e. The van der Waals surface area contributed by atoms with Crippen LogP contribution in [0.3, 0.4) is 0 Å². The van der Waals surface area contributed by atoms with E-state index in [1.165, 1.54) is 22.7 Å². The minimum absolute atomic E-state index is 0.139. The Balaban J connectivity index is 1.02. The summed E-state index contributed by atoms with van der Waals surface area (Å²) in [6.07, 6.45) is 9.27. The van der Waals surface area contributed by atoms with Crippen LogP contribution in [0, 0.1) is 0 Å². The van der Waals surface area contributed by atoms with Gasteiger partial charge in [-0.2, -0.15) is 0 Å². The number of aromatic nitrogens is 6. The van der Waals surface area contributed by atoms with Crippen LogP contribution in [0.5, 0.6) is 0 Å². The fourth-order valence-corrected chi connectivity index (χ4v) is 6.81. The van der Waals surface area contributed by atoms with Gasteiger partial charge in [-0.15, -0.1) is 20.4 Å². The molecule has 0 saturated heterocycles. The summed E-state index contributed by atoms with van der Waals surface area (Å²) >= 11 is 2.82. The van der Waals surface area contributed by atoms with Gasteiger partial charge in [0.15, 0.2) is 0 Å². The Kier molecular flexibility index (Phi) is 8.42. The molecule has 0 radical (unpaired) electrons. The summed E-state index contributed by atoms with van der Waals surface area (Å²) < 4.78 is 0. The van der Waals surface area contributed by atoms with Crippen LogP contribution in [0.15, 0.2) is 46.6 Å². The van der Waals surface area contributed by atoms with Crippen molar-refractivity contribution in [1.29, 1.82) is 0 Å². The van der Waals surface area contributed by atoms with Crippen LogP contribution < -0.4 is 10.6 Å². The van der Waals surface area contributed by atoms with E-state index < -0.39 is 0 Å². The minimum atomic E-state index is -0.193. The molecule has 2 unspecified atom stereocenters. The van der Waals surface area contributed by atoms with Crippen LogP contribution in [-0.2, 0) is 22.4 Å². The monoisotopic (exact) mass is 600 g/mol. The zero-order chi connectivity index (χ0) is 28.9. The summed E-state index contributed by atoms with van der Waals surface area (Å²) in [6, 6.07) is 7.49. The Morgan fingerprint density at radius 1 is 0.905 bits per heavy atom. The van der Waals surface area contributed by atoms with Gasteiger partial charge in [0.2, 0.25) is 22.1 Å². The number of pyridine rings is 2. The molecule has 214 valence electrons. The molecular formula is C28H28N10O2S2. The highest BCUT2D eigenvalue weighted by molar-refractivity contribution is 7.15. The molecule has 1 aliphatic carbocycles. The Morgan fingerprint density at radius 2 is 1.50 bits per heavy atom. The van der Waals surface area contributed by atoms with Crippen LogP contribution in [0.2, 0.25) is 0 Å². The lowest BCUT2D eigenvalue weighted by Gasteiger charge is -2.25. The van der Waals surface area contributed by atoms with Gasteiger partial charge in [-0.1, -0.05) is 29.1 Å². The minimum Gasteiger partial charge on any atom is -0.300 e. The molecule has 1 saturated carbocycles. The van der Waals surface area contributed by atoms with E-state index in [1.807, 2.05) is 24.3 Å². The lowest BCUT2D eigenvalue weighted by Crippen LogP contribution is -2.15. The van der Waals surface area contributed by atoms with Gasteiger partial charge in [-0.25, -0.2) is 0 Å². The number of hydrogen-bond donors (Lipinski definition) is 2. The third-order valence-corrected chi connectivity index (χ3v) is 9.02. The van der Waals surface area contributed by atoms with Crippen LogP contribution in [0.4, 0.5) is 10.3 Å². The number of anilines is 2. The zero-order valence-electron chi connectivity index (χ0n) is 22.9. The number of carbonyl (C=O) groups is 2. The van der Waals surface area contributed by atoms with Crippen LogP contribution in [0.25, 0.3) is 0 Å². The van der Waals surface area contributed by atoms with E-state index in [2.05, 4.69) is 51.0 Å². The van der Waals surface area contributed by atoms with Gasteiger partial charge in [0, 0.05) is 43.1 Å². The maximum Gasteiger partial charge on any atom is 0.232 e. The lowest BCUT2D eigenvalue weighted by atomic mass is 9.82. The van der Waals surface area contributed by atoms with Crippen molar-refractivity contribution in [3.63, 3.8) is 0 Å². The molecule has 5 heterocycles. The molecule has 2 amide bonds. The summed E-state index contributed by atoms with van der Waals surface area (Å²) in [5.74, 6) is 0.0661. The molecule has 2 N–H and O–H groups in total. The molecule has 14 heteroatoms. The second-order valence-corrected chi connectivity index (χ2v) is 12.2. The SMILES string of the molecule is CN=Cc1ccnc(CC(=O)Nc2nnc(C3CCCC(c4nnc(NC(=O)Cc5cc(C6=NC6)ccn5)s4)C3)s2)c1. The molecule has 1 fully saturated rings. The largest absolute Gasteiger partial charge is 0.300 e. The highest BCUT2D eigenvalue weighted by atomic mass is 32.1. The fraction of sp³-hybridized carbons (Fsp3) is 0.357. The van der Waals surface area contributed by atoms with Crippen molar-refractivity contribution in [2.75, 3.05) is 24.2 Å². The Morgan fingerprint density at radius 3 is 2.10 bits per heavy atom. The lowest BCUT2D eigenvalue weighted by molar-refractivity contribution is -0.116. The average molecular weight is 601 g/mol. The summed E-state index contributed by atoms with van der Waals surface area (Å²) in [5.41, 5.74) is 4.31. The number of rotatable bonds is 10. The van der Waals surface area contributed by atoms with Gasteiger partial charge in [0.05, 0.1) is 36.5 Å². The number of nitrogens with zero attached hydrogens (tertiary/aromatic N) is 8. The van der Waals surface area contributed by atoms with E-state index in [-0.39, 0.29) is 36.5 Å². The normalized spacial score (nSPS) is 18.1. The summed E-state index contributed by atoms with van der Waals surface area (Å²) in [7, 11) is 1.70. The Bertz CT molecular complexity index is 1660. The number of hydrogen-bond acceptors (Lipinski definition) is 12. The molecule has 4 aromatic rings. The van der Waals surface area contributed by atoms with Gasteiger partial charge in [0.1, 0.15) is 10.0 Å². The molecule has 0 spiro atoms. The molecule has 12 nitrogen and oxygen atoms in total. The summed E-state index contributed by atoms with van der Waals surface area (Å²) in [5, 5.41) is 25.7. The van der Waals surface area contributed by atoms with E-state index in [9.17, 15) is 9.59 Å². The molecule has 2 atom stereocenters. The second-order valence-electron chi connectivity index (χ2n) is 10.2. The van der Waals surface area contributed by atoms with Crippen molar-refractivity contribution in [2.24, 2.45) is 9.98 Å². The third-order valence-electron chi connectivity index (χ3n) is 7.01. The number of nitrogens with one attached hydrogen (secondary N) is 2. The molecule has 4 aromatic heterocycles. The van der Waals surface area contributed by atoms with Crippen LogP contribution in [-0.4, -0.2) is 67.7 Å². The predicted molar refractivity (Wildman–Crippen MR) is 162 cm³/mol. The highest BCUT2D eigenvalue weighted by Crippen LogP contribution is 2.43. The molecule has 6 rings (SSSR count). The first kappa shape index (κ1) is 27.8. The molecule has 42 heavy (non-hydrogen) atoms. The van der Waals surface area contributed by atoms with E-state index in [4.69, 9.17) is 0 Å². The van der Waals surface area contributed by atoms with Crippen molar-refractivity contribution < 1.29 is 9.59 Å². The van der Waals surface area contributed by atoms with Crippen molar-refractivity contribution >= 4 is 56.7 Å². The fourth-order valence-electron chi connectivity index (χ4n) is 4.99. The van der Waals surface area contributed by atoms with E-state index in [0.29, 0.717) is 21.7 Å². The molecule has 1 aliphatic heterocycles. The van der Waals surface area contributed by atoms with E-state index in [1.54, 1.807) is 25.7 Å².